The van der Waals surface area contributed by atoms with E-state index < -0.39 is 5.92 Å². The molecule has 0 heterocycles. The number of carbonyl (C=O) groups excluding carboxylic acids is 2. The summed E-state index contributed by atoms with van der Waals surface area (Å²) >= 11 is 0. The number of benzene rings is 1. The summed E-state index contributed by atoms with van der Waals surface area (Å²) in [4.78, 5) is 34.2. The predicted molar refractivity (Wildman–Crippen MR) is 93.9 cm³/mol. The summed E-state index contributed by atoms with van der Waals surface area (Å²) < 4.78 is 0. The summed E-state index contributed by atoms with van der Waals surface area (Å²) in [6, 6.07) is 6.73. The Morgan fingerprint density at radius 1 is 1.08 bits per heavy atom. The molecule has 0 saturated carbocycles. The maximum absolute atomic E-state index is 11.8. The second-order valence-corrected chi connectivity index (χ2v) is 5.67. The van der Waals surface area contributed by atoms with Crippen molar-refractivity contribution in [3.05, 3.63) is 52.1 Å². The number of nitro groups is 1. The lowest BCUT2D eigenvalue weighted by atomic mass is 9.91. The van der Waals surface area contributed by atoms with E-state index in [1.165, 1.54) is 6.07 Å². The Morgan fingerprint density at radius 3 is 2.25 bits per heavy atom. The van der Waals surface area contributed by atoms with Crippen molar-refractivity contribution in [2.24, 2.45) is 5.92 Å². The minimum absolute atomic E-state index is 0.00941. The Labute approximate surface area is 142 Å². The van der Waals surface area contributed by atoms with Gasteiger partial charge in [-0.15, -0.1) is 0 Å². The van der Waals surface area contributed by atoms with Crippen molar-refractivity contribution in [1.29, 1.82) is 0 Å². The molecule has 130 valence electrons. The van der Waals surface area contributed by atoms with Gasteiger partial charge in [0.25, 0.3) is 5.69 Å². The van der Waals surface area contributed by atoms with Crippen LogP contribution < -0.4 is 0 Å². The van der Waals surface area contributed by atoms with Gasteiger partial charge < -0.3 is 0 Å². The van der Waals surface area contributed by atoms with Crippen molar-refractivity contribution in [2.45, 2.75) is 52.4 Å². The fraction of sp³-hybridized carbons (Fsp3) is 0.474. The van der Waals surface area contributed by atoms with Crippen LogP contribution in [0.15, 0.2) is 36.4 Å². The van der Waals surface area contributed by atoms with Crippen LogP contribution in [-0.2, 0) is 16.0 Å². The van der Waals surface area contributed by atoms with Crippen molar-refractivity contribution < 1.29 is 14.5 Å². The number of aryl methyl sites for hydroxylation is 1. The molecule has 0 bridgehead atoms. The number of nitrogens with zero attached hydrogens (tertiary/aromatic N) is 1. The second-order valence-electron chi connectivity index (χ2n) is 5.67. The molecule has 5 heteroatoms. The van der Waals surface area contributed by atoms with Crippen LogP contribution >= 0.6 is 0 Å². The number of Topliss-reactive ketones (excluding diaryl/α,β-unsaturated/α-hetero) is 2. The Kier molecular flexibility index (Phi) is 8.61. The third kappa shape index (κ3) is 6.07. The molecule has 24 heavy (non-hydrogen) atoms. The number of hydrogen-bond donors (Lipinski definition) is 0. The van der Waals surface area contributed by atoms with E-state index in [1.807, 2.05) is 12.2 Å². The summed E-state index contributed by atoms with van der Waals surface area (Å²) in [7, 11) is 0. The molecule has 0 spiro atoms. The SMILES string of the molecule is CCC(=O)C(CCC=CCCc1ccccc1[N+](=O)[O-])C(=O)CC. The minimum atomic E-state index is -0.486. The lowest BCUT2D eigenvalue weighted by Gasteiger charge is -2.11. The summed E-state index contributed by atoms with van der Waals surface area (Å²) in [5.74, 6) is -0.467. The first-order chi connectivity index (χ1) is 11.5. The van der Waals surface area contributed by atoms with Crippen molar-refractivity contribution in [3.8, 4) is 0 Å². The summed E-state index contributed by atoms with van der Waals surface area (Å²) in [5, 5.41) is 10.9. The molecule has 1 aromatic rings. The fourth-order valence-corrected chi connectivity index (χ4v) is 2.63. The monoisotopic (exact) mass is 331 g/mol. The van der Waals surface area contributed by atoms with Crippen LogP contribution in [0, 0.1) is 16.0 Å². The van der Waals surface area contributed by atoms with Gasteiger partial charge >= 0.3 is 0 Å². The molecule has 1 aromatic carbocycles. The van der Waals surface area contributed by atoms with Gasteiger partial charge in [0.1, 0.15) is 11.6 Å². The molecule has 0 atom stereocenters. The van der Waals surface area contributed by atoms with Crippen LogP contribution in [-0.4, -0.2) is 16.5 Å². The highest BCUT2D eigenvalue weighted by molar-refractivity contribution is 6.02. The van der Waals surface area contributed by atoms with Crippen LogP contribution in [0.25, 0.3) is 0 Å². The topological polar surface area (TPSA) is 77.3 Å². The van der Waals surface area contributed by atoms with E-state index in [2.05, 4.69) is 0 Å². The van der Waals surface area contributed by atoms with E-state index in [9.17, 15) is 19.7 Å². The second kappa shape index (κ2) is 10.5. The minimum Gasteiger partial charge on any atom is -0.299 e. The molecule has 0 radical (unpaired) electrons. The first-order valence-electron chi connectivity index (χ1n) is 8.43. The Balaban J connectivity index is 2.47. The number of para-hydroxylation sites is 1. The van der Waals surface area contributed by atoms with Gasteiger partial charge in [-0.05, 0) is 25.7 Å². The molecule has 0 aromatic heterocycles. The molecule has 0 saturated heterocycles. The van der Waals surface area contributed by atoms with E-state index in [0.29, 0.717) is 44.1 Å². The molecule has 0 unspecified atom stereocenters. The maximum Gasteiger partial charge on any atom is 0.272 e. The largest absolute Gasteiger partial charge is 0.299 e. The summed E-state index contributed by atoms with van der Waals surface area (Å²) in [6.45, 7) is 3.56. The van der Waals surface area contributed by atoms with Crippen LogP contribution in [0.4, 0.5) is 5.69 Å². The van der Waals surface area contributed by atoms with Gasteiger partial charge in [0.2, 0.25) is 0 Å². The van der Waals surface area contributed by atoms with Gasteiger partial charge in [-0.3, -0.25) is 19.7 Å². The van der Waals surface area contributed by atoms with Gasteiger partial charge in [-0.1, -0.05) is 44.2 Å². The number of carbonyl (C=O) groups is 2. The molecule has 0 N–H and O–H groups in total. The number of ketones is 2. The number of nitro benzene ring substituents is 1. The zero-order valence-corrected chi connectivity index (χ0v) is 14.4. The zero-order chi connectivity index (χ0) is 17.9. The molecule has 1 rings (SSSR count). The van der Waals surface area contributed by atoms with Crippen molar-refractivity contribution in [3.63, 3.8) is 0 Å². The third-order valence-corrected chi connectivity index (χ3v) is 4.03. The molecule has 0 aliphatic rings. The quantitative estimate of drug-likeness (QED) is 0.260. The number of hydrogen-bond acceptors (Lipinski definition) is 4. The van der Waals surface area contributed by atoms with E-state index >= 15 is 0 Å². The fourth-order valence-electron chi connectivity index (χ4n) is 2.63. The number of rotatable bonds is 11. The highest BCUT2D eigenvalue weighted by Gasteiger charge is 2.22. The first-order valence-corrected chi connectivity index (χ1v) is 8.43. The average Bonchev–Trinajstić information content (AvgIpc) is 2.60. The van der Waals surface area contributed by atoms with Crippen molar-refractivity contribution >= 4 is 17.3 Å². The molecular weight excluding hydrogens is 306 g/mol. The van der Waals surface area contributed by atoms with Crippen molar-refractivity contribution in [2.75, 3.05) is 0 Å². The lowest BCUT2D eigenvalue weighted by Crippen LogP contribution is -2.22. The van der Waals surface area contributed by atoms with Crippen LogP contribution in [0.1, 0.15) is 51.5 Å². The van der Waals surface area contributed by atoms with E-state index in [1.54, 1.807) is 32.0 Å². The molecule has 0 aliphatic carbocycles. The van der Waals surface area contributed by atoms with Gasteiger partial charge in [0, 0.05) is 24.5 Å². The lowest BCUT2D eigenvalue weighted by molar-refractivity contribution is -0.385. The van der Waals surface area contributed by atoms with Crippen molar-refractivity contribution in [1.82, 2.24) is 0 Å². The van der Waals surface area contributed by atoms with Crippen LogP contribution in [0.3, 0.4) is 0 Å². The maximum atomic E-state index is 11.8. The van der Waals surface area contributed by atoms with E-state index in [-0.39, 0.29) is 22.2 Å². The first kappa shape index (κ1) is 19.7. The third-order valence-electron chi connectivity index (χ3n) is 4.03. The zero-order valence-electron chi connectivity index (χ0n) is 14.4. The standard InChI is InChI=1S/C19H25NO4/c1-3-18(21)16(19(22)4-2)13-8-6-5-7-11-15-12-9-10-14-17(15)20(23)24/h5-6,9-10,12,14,16H,3-4,7-8,11,13H2,1-2H3. The average molecular weight is 331 g/mol. The summed E-state index contributed by atoms with van der Waals surface area (Å²) in [6.07, 6.45) is 7.18. The normalized spacial score (nSPS) is 11.1. The van der Waals surface area contributed by atoms with Gasteiger partial charge in [0.05, 0.1) is 10.8 Å². The number of allylic oxidation sites excluding steroid dienone is 2. The van der Waals surface area contributed by atoms with Crippen LogP contribution in [0.2, 0.25) is 0 Å². The molecule has 5 nitrogen and oxygen atoms in total. The van der Waals surface area contributed by atoms with Gasteiger partial charge in [-0.25, -0.2) is 0 Å². The Morgan fingerprint density at radius 2 is 1.67 bits per heavy atom. The highest BCUT2D eigenvalue weighted by Crippen LogP contribution is 2.19. The Hall–Kier alpha value is -2.30. The van der Waals surface area contributed by atoms with Gasteiger partial charge in [-0.2, -0.15) is 0 Å². The molecule has 0 aliphatic heterocycles. The molecule has 0 amide bonds. The smallest absolute Gasteiger partial charge is 0.272 e. The molecular formula is C19H25NO4. The van der Waals surface area contributed by atoms with Crippen LogP contribution in [0.5, 0.6) is 0 Å². The van der Waals surface area contributed by atoms with E-state index in [4.69, 9.17) is 0 Å². The van der Waals surface area contributed by atoms with E-state index in [0.717, 1.165) is 0 Å². The Bertz CT molecular complexity index is 591. The van der Waals surface area contributed by atoms with Gasteiger partial charge in [0.15, 0.2) is 0 Å². The predicted octanol–water partition coefficient (Wildman–Crippen LogP) is 4.44. The highest BCUT2D eigenvalue weighted by atomic mass is 16.6. The molecule has 0 fully saturated rings. The summed E-state index contributed by atoms with van der Waals surface area (Å²) in [5.41, 5.74) is 0.861.